The molecule has 0 saturated carbocycles. The van der Waals surface area contributed by atoms with E-state index in [1.807, 2.05) is 18.2 Å². The van der Waals surface area contributed by atoms with Gasteiger partial charge < -0.3 is 9.64 Å². The van der Waals surface area contributed by atoms with Crippen molar-refractivity contribution in [3.8, 4) is 5.75 Å². The Labute approximate surface area is 96.0 Å². The number of nitrogens with zero attached hydrogens (tertiary/aromatic N) is 1. The summed E-state index contributed by atoms with van der Waals surface area (Å²) in [5.74, 6) is 0.607. The second-order valence-corrected chi connectivity index (χ2v) is 4.75. The van der Waals surface area contributed by atoms with E-state index in [1.54, 1.807) is 17.0 Å². The summed E-state index contributed by atoms with van der Waals surface area (Å²) in [7, 11) is 0. The monoisotopic (exact) mass is 219 g/mol. The van der Waals surface area contributed by atoms with E-state index in [0.717, 1.165) is 19.4 Å². The predicted octanol–water partition coefficient (Wildman–Crippen LogP) is 3.06. The zero-order chi connectivity index (χ0) is 11.6. The minimum absolute atomic E-state index is 0.0775. The Kier molecular flexibility index (Phi) is 2.86. The lowest BCUT2D eigenvalue weighted by Crippen LogP contribution is -2.44. The van der Waals surface area contributed by atoms with Crippen LogP contribution < -0.4 is 4.74 Å². The topological polar surface area (TPSA) is 29.5 Å². The molecule has 0 bridgehead atoms. The molecule has 1 saturated heterocycles. The smallest absolute Gasteiger partial charge is 0.410 e. The Morgan fingerprint density at radius 1 is 1.31 bits per heavy atom. The van der Waals surface area contributed by atoms with Crippen LogP contribution in [0.5, 0.6) is 5.75 Å². The third-order valence-electron chi connectivity index (χ3n) is 3.07. The molecule has 16 heavy (non-hydrogen) atoms. The van der Waals surface area contributed by atoms with E-state index in [-0.39, 0.29) is 11.6 Å². The normalized spacial score (nSPS) is 18.5. The molecule has 1 heterocycles. The maximum absolute atomic E-state index is 11.9. The molecule has 1 fully saturated rings. The van der Waals surface area contributed by atoms with Crippen LogP contribution in [-0.4, -0.2) is 23.1 Å². The van der Waals surface area contributed by atoms with Crippen LogP contribution in [-0.2, 0) is 0 Å². The van der Waals surface area contributed by atoms with Crippen molar-refractivity contribution in [1.82, 2.24) is 4.90 Å². The number of carbonyl (C=O) groups excluding carboxylic acids is 1. The summed E-state index contributed by atoms with van der Waals surface area (Å²) >= 11 is 0. The number of benzene rings is 1. The molecule has 0 aliphatic carbocycles. The van der Waals surface area contributed by atoms with Gasteiger partial charge in [-0.1, -0.05) is 18.2 Å². The van der Waals surface area contributed by atoms with E-state index >= 15 is 0 Å². The van der Waals surface area contributed by atoms with Gasteiger partial charge in [0.05, 0.1) is 0 Å². The van der Waals surface area contributed by atoms with Gasteiger partial charge in [0.25, 0.3) is 0 Å². The molecule has 3 nitrogen and oxygen atoms in total. The molecular formula is C13H17NO2. The van der Waals surface area contributed by atoms with Gasteiger partial charge in [0.2, 0.25) is 0 Å². The van der Waals surface area contributed by atoms with Crippen molar-refractivity contribution in [2.45, 2.75) is 32.2 Å². The van der Waals surface area contributed by atoms with E-state index in [9.17, 15) is 4.79 Å². The molecule has 0 atom stereocenters. The highest BCUT2D eigenvalue weighted by Gasteiger charge is 2.36. The first kappa shape index (κ1) is 11.0. The van der Waals surface area contributed by atoms with Crippen LogP contribution in [0, 0.1) is 0 Å². The molecule has 1 aliphatic rings. The first-order valence-corrected chi connectivity index (χ1v) is 5.64. The summed E-state index contributed by atoms with van der Waals surface area (Å²) in [6.07, 6.45) is 1.85. The van der Waals surface area contributed by atoms with E-state index in [0.29, 0.717) is 5.75 Å². The Bertz CT molecular complexity index is 373. The summed E-state index contributed by atoms with van der Waals surface area (Å²) in [4.78, 5) is 13.7. The van der Waals surface area contributed by atoms with Crippen LogP contribution in [0.2, 0.25) is 0 Å². The van der Waals surface area contributed by atoms with Gasteiger partial charge in [-0.3, -0.25) is 0 Å². The first-order chi connectivity index (χ1) is 7.59. The van der Waals surface area contributed by atoms with Gasteiger partial charge in [0.1, 0.15) is 5.75 Å². The zero-order valence-electron chi connectivity index (χ0n) is 9.77. The highest BCUT2D eigenvalue weighted by Crippen LogP contribution is 2.29. The van der Waals surface area contributed by atoms with Crippen molar-refractivity contribution < 1.29 is 9.53 Å². The lowest BCUT2D eigenvalue weighted by molar-refractivity contribution is 0.124. The highest BCUT2D eigenvalue weighted by atomic mass is 16.6. The maximum Gasteiger partial charge on any atom is 0.415 e. The van der Waals surface area contributed by atoms with Crippen molar-refractivity contribution in [2.24, 2.45) is 0 Å². The average Bonchev–Trinajstić information content (AvgIpc) is 2.59. The number of carbonyl (C=O) groups is 1. The standard InChI is InChI=1S/C13H17NO2/c1-13(2)9-6-10-14(13)12(15)16-11-7-4-3-5-8-11/h3-5,7-8H,6,9-10H2,1-2H3. The molecule has 1 aromatic rings. The lowest BCUT2D eigenvalue weighted by atomic mass is 10.0. The third-order valence-corrected chi connectivity index (χ3v) is 3.07. The SMILES string of the molecule is CC1(C)CCCN1C(=O)Oc1ccccc1. The molecule has 1 amide bonds. The van der Waals surface area contributed by atoms with Gasteiger partial charge in [-0.2, -0.15) is 0 Å². The molecule has 0 N–H and O–H groups in total. The van der Waals surface area contributed by atoms with Gasteiger partial charge in [0.15, 0.2) is 0 Å². The molecule has 1 aliphatic heterocycles. The van der Waals surface area contributed by atoms with Crippen molar-refractivity contribution in [2.75, 3.05) is 6.54 Å². The number of para-hydroxylation sites is 1. The second kappa shape index (κ2) is 4.16. The van der Waals surface area contributed by atoms with E-state index < -0.39 is 0 Å². The molecule has 0 aromatic heterocycles. The van der Waals surface area contributed by atoms with Crippen molar-refractivity contribution in [1.29, 1.82) is 0 Å². The molecule has 0 radical (unpaired) electrons. The first-order valence-electron chi connectivity index (χ1n) is 5.64. The van der Waals surface area contributed by atoms with Crippen LogP contribution in [0.25, 0.3) is 0 Å². The minimum Gasteiger partial charge on any atom is -0.410 e. The van der Waals surface area contributed by atoms with Gasteiger partial charge in [-0.15, -0.1) is 0 Å². The van der Waals surface area contributed by atoms with E-state index in [1.165, 1.54) is 0 Å². The number of hydrogen-bond acceptors (Lipinski definition) is 2. The Morgan fingerprint density at radius 2 is 2.00 bits per heavy atom. The lowest BCUT2D eigenvalue weighted by Gasteiger charge is -2.30. The highest BCUT2D eigenvalue weighted by molar-refractivity contribution is 5.71. The maximum atomic E-state index is 11.9. The Morgan fingerprint density at radius 3 is 2.56 bits per heavy atom. The zero-order valence-corrected chi connectivity index (χ0v) is 9.77. The Balaban J connectivity index is 2.04. The molecule has 1 aromatic carbocycles. The van der Waals surface area contributed by atoms with Gasteiger partial charge in [-0.05, 0) is 38.8 Å². The fraction of sp³-hybridized carbons (Fsp3) is 0.462. The van der Waals surface area contributed by atoms with Gasteiger partial charge in [-0.25, -0.2) is 4.79 Å². The van der Waals surface area contributed by atoms with Crippen LogP contribution >= 0.6 is 0 Å². The van der Waals surface area contributed by atoms with E-state index in [4.69, 9.17) is 4.74 Å². The van der Waals surface area contributed by atoms with E-state index in [2.05, 4.69) is 13.8 Å². The number of hydrogen-bond donors (Lipinski definition) is 0. The molecule has 0 spiro atoms. The van der Waals surface area contributed by atoms with Gasteiger partial charge >= 0.3 is 6.09 Å². The third kappa shape index (κ3) is 2.18. The number of likely N-dealkylation sites (tertiary alicyclic amines) is 1. The molecular weight excluding hydrogens is 202 g/mol. The average molecular weight is 219 g/mol. The molecule has 86 valence electrons. The molecule has 0 unspecified atom stereocenters. The summed E-state index contributed by atoms with van der Waals surface area (Å²) in [5, 5.41) is 0. The molecule has 2 rings (SSSR count). The van der Waals surface area contributed by atoms with Crippen molar-refractivity contribution in [3.63, 3.8) is 0 Å². The fourth-order valence-electron chi connectivity index (χ4n) is 2.09. The summed E-state index contributed by atoms with van der Waals surface area (Å²) in [6, 6.07) is 9.20. The van der Waals surface area contributed by atoms with Crippen LogP contribution in [0.4, 0.5) is 4.79 Å². The van der Waals surface area contributed by atoms with Crippen LogP contribution in [0.1, 0.15) is 26.7 Å². The number of rotatable bonds is 1. The quantitative estimate of drug-likeness (QED) is 0.726. The number of ether oxygens (including phenoxy) is 1. The molecule has 3 heteroatoms. The van der Waals surface area contributed by atoms with Crippen molar-refractivity contribution >= 4 is 6.09 Å². The largest absolute Gasteiger partial charge is 0.415 e. The second-order valence-electron chi connectivity index (χ2n) is 4.75. The summed E-state index contributed by atoms with van der Waals surface area (Å²) < 4.78 is 5.32. The Hall–Kier alpha value is -1.51. The van der Waals surface area contributed by atoms with Gasteiger partial charge in [0, 0.05) is 12.1 Å². The summed E-state index contributed by atoms with van der Waals surface area (Å²) in [6.45, 7) is 4.94. The van der Waals surface area contributed by atoms with Crippen molar-refractivity contribution in [3.05, 3.63) is 30.3 Å². The predicted molar refractivity (Wildman–Crippen MR) is 62.5 cm³/mol. The fourth-order valence-corrected chi connectivity index (χ4v) is 2.09. The summed E-state index contributed by atoms with van der Waals surface area (Å²) in [5.41, 5.74) is -0.0775. The van der Waals surface area contributed by atoms with Crippen LogP contribution in [0.15, 0.2) is 30.3 Å². The van der Waals surface area contributed by atoms with Crippen LogP contribution in [0.3, 0.4) is 0 Å². The minimum atomic E-state index is -0.242. The number of amides is 1.